The van der Waals surface area contributed by atoms with Gasteiger partial charge in [0.05, 0.1) is 22.7 Å². The number of thiophene rings is 1. The Morgan fingerprint density at radius 3 is 2.81 bits per heavy atom. The minimum atomic E-state index is -0.633. The Morgan fingerprint density at radius 2 is 2.06 bits per heavy atom. The monoisotopic (exact) mass is 473 g/mol. The second-order valence-corrected chi connectivity index (χ2v) is 9.73. The van der Waals surface area contributed by atoms with Crippen LogP contribution in [0.2, 0.25) is 0 Å². The predicted molar refractivity (Wildman–Crippen MR) is 118 cm³/mol. The maximum absolute atomic E-state index is 13.0. The number of rotatable bonds is 7. The number of hydrogen-bond donors (Lipinski definition) is 1. The Kier molecular flexibility index (Phi) is 6.80. The summed E-state index contributed by atoms with van der Waals surface area (Å²) >= 11 is 2.49. The van der Waals surface area contributed by atoms with Crippen LogP contribution in [-0.2, 0) is 22.4 Å². The van der Waals surface area contributed by atoms with E-state index in [2.05, 4.69) is 10.6 Å². The lowest BCUT2D eigenvalue weighted by Crippen LogP contribution is -2.36. The first-order chi connectivity index (χ1) is 15.5. The highest BCUT2D eigenvalue weighted by atomic mass is 32.2. The van der Waals surface area contributed by atoms with Crippen LogP contribution in [0.25, 0.3) is 5.69 Å². The molecule has 1 aliphatic carbocycles. The first-order valence-corrected chi connectivity index (χ1v) is 12.1. The second kappa shape index (κ2) is 9.74. The maximum Gasteiger partial charge on any atom is 0.341 e. The summed E-state index contributed by atoms with van der Waals surface area (Å²) in [5.74, 6) is -1.35. The molecular formula is C22H23N3O5S2. The quantitative estimate of drug-likeness (QED) is 0.319. The molecule has 0 bridgehead atoms. The van der Waals surface area contributed by atoms with Gasteiger partial charge in [0.1, 0.15) is 5.00 Å². The fourth-order valence-electron chi connectivity index (χ4n) is 3.58. The Hall–Kier alpha value is -2.85. The van der Waals surface area contributed by atoms with Gasteiger partial charge in [0.15, 0.2) is 5.95 Å². The fraction of sp³-hybridized carbons (Fsp3) is 0.364. The molecule has 0 fully saturated rings. The van der Waals surface area contributed by atoms with E-state index in [9.17, 15) is 14.7 Å². The van der Waals surface area contributed by atoms with Crippen molar-refractivity contribution in [3.05, 3.63) is 46.3 Å². The molecule has 0 radical (unpaired) electrons. The number of aromatic nitrogens is 2. The van der Waals surface area contributed by atoms with Gasteiger partial charge in [0.25, 0.3) is 5.03 Å². The summed E-state index contributed by atoms with van der Waals surface area (Å²) in [6, 6.07) is 9.08. The number of amides is 1. The van der Waals surface area contributed by atoms with Gasteiger partial charge in [-0.2, -0.15) is 0 Å². The van der Waals surface area contributed by atoms with Crippen LogP contribution in [0.15, 0.2) is 39.9 Å². The van der Waals surface area contributed by atoms with Gasteiger partial charge in [-0.05, 0) is 61.5 Å². The van der Waals surface area contributed by atoms with Gasteiger partial charge in [0, 0.05) is 17.0 Å². The molecule has 1 aliphatic rings. The van der Waals surface area contributed by atoms with E-state index in [-0.39, 0.29) is 17.5 Å². The number of aryl methyl sites for hydroxylation is 1. The van der Waals surface area contributed by atoms with Crippen LogP contribution in [0.5, 0.6) is 5.95 Å². The number of carbonyl (C=O) groups excluding carboxylic acids is 2. The van der Waals surface area contributed by atoms with Crippen molar-refractivity contribution in [2.45, 2.75) is 49.8 Å². The molecule has 0 spiro atoms. The summed E-state index contributed by atoms with van der Waals surface area (Å²) in [5.41, 5.74) is 2.10. The summed E-state index contributed by atoms with van der Waals surface area (Å²) in [4.78, 5) is 26.7. The molecule has 1 atom stereocenters. The van der Waals surface area contributed by atoms with Crippen LogP contribution in [0.4, 0.5) is 5.00 Å². The Bertz CT molecular complexity index is 1130. The highest BCUT2D eigenvalue weighted by molar-refractivity contribution is 8.00. The number of nitrogens with one attached hydrogen (secondary N) is 1. The molecular weight excluding hydrogens is 450 g/mol. The van der Waals surface area contributed by atoms with Crippen LogP contribution >= 0.6 is 23.1 Å². The average Bonchev–Trinajstić information content (AvgIpc) is 3.34. The molecule has 1 aromatic carbocycles. The maximum atomic E-state index is 13.0. The molecule has 1 unspecified atom stereocenters. The van der Waals surface area contributed by atoms with Gasteiger partial charge >= 0.3 is 5.97 Å². The number of anilines is 1. The second-order valence-electron chi connectivity index (χ2n) is 7.30. The molecule has 2 heterocycles. The van der Waals surface area contributed by atoms with E-state index in [0.29, 0.717) is 16.3 Å². The lowest BCUT2D eigenvalue weighted by molar-refractivity contribution is -0.705. The summed E-state index contributed by atoms with van der Waals surface area (Å²) in [7, 11) is 0. The standard InChI is InChI=1S/C22H23N3O5S2/c1-3-29-21(27)17-15-11-7-8-12-16(15)32-19(17)23-18(26)13(2)31-20-22(28)30-24-25(20)14-9-5-4-6-10-14/h4-6,9-10,13H,3,7-8,11-12H2,1-2H3,(H-,23,24,26,27,28). The molecule has 0 aliphatic heterocycles. The minimum Gasteiger partial charge on any atom is -0.538 e. The zero-order valence-corrected chi connectivity index (χ0v) is 19.4. The molecule has 1 amide bonds. The van der Waals surface area contributed by atoms with Gasteiger partial charge in [-0.3, -0.25) is 4.79 Å². The largest absolute Gasteiger partial charge is 0.538 e. The van der Waals surface area contributed by atoms with E-state index in [0.717, 1.165) is 47.9 Å². The summed E-state index contributed by atoms with van der Waals surface area (Å²) < 4.78 is 11.5. The van der Waals surface area contributed by atoms with Crippen molar-refractivity contribution in [1.29, 1.82) is 0 Å². The lowest BCUT2D eigenvalue weighted by atomic mass is 9.95. The third-order valence-corrected chi connectivity index (χ3v) is 7.46. The highest BCUT2D eigenvalue weighted by Crippen LogP contribution is 2.39. The fourth-order valence-corrected chi connectivity index (χ4v) is 5.73. The number of para-hydroxylation sites is 1. The lowest BCUT2D eigenvalue weighted by Gasteiger charge is -2.13. The van der Waals surface area contributed by atoms with Gasteiger partial charge in [-0.25, -0.2) is 4.79 Å². The zero-order chi connectivity index (χ0) is 22.7. The Labute approximate surface area is 193 Å². The van der Waals surface area contributed by atoms with E-state index in [1.54, 1.807) is 26.0 Å². The number of esters is 1. The number of carbonyl (C=O) groups is 2. The Morgan fingerprint density at radius 1 is 1.31 bits per heavy atom. The summed E-state index contributed by atoms with van der Waals surface area (Å²) in [5, 5.41) is 19.0. The molecule has 10 heteroatoms. The summed E-state index contributed by atoms with van der Waals surface area (Å²) in [6.07, 6.45) is 3.77. The van der Waals surface area contributed by atoms with Gasteiger partial charge in [-0.15, -0.1) is 11.3 Å². The van der Waals surface area contributed by atoms with E-state index < -0.39 is 17.2 Å². The molecule has 168 valence electrons. The number of fused-ring (bicyclic) bond motifs is 1. The number of nitrogens with zero attached hydrogens (tertiary/aromatic N) is 2. The smallest absolute Gasteiger partial charge is 0.341 e. The van der Waals surface area contributed by atoms with Gasteiger partial charge < -0.3 is 19.7 Å². The van der Waals surface area contributed by atoms with Crippen molar-refractivity contribution >= 4 is 40.0 Å². The van der Waals surface area contributed by atoms with E-state index in [4.69, 9.17) is 9.26 Å². The number of thioether (sulfide) groups is 1. The summed E-state index contributed by atoms with van der Waals surface area (Å²) in [6.45, 7) is 3.72. The van der Waals surface area contributed by atoms with Crippen LogP contribution in [-0.4, -0.2) is 29.0 Å². The van der Waals surface area contributed by atoms with Crippen molar-refractivity contribution in [2.24, 2.45) is 0 Å². The van der Waals surface area contributed by atoms with Crippen LogP contribution in [0.1, 0.15) is 47.5 Å². The van der Waals surface area contributed by atoms with Crippen molar-refractivity contribution in [1.82, 2.24) is 5.27 Å². The van der Waals surface area contributed by atoms with Crippen molar-refractivity contribution < 1.29 is 28.6 Å². The topological polar surface area (TPSA) is 108 Å². The minimum absolute atomic E-state index is 0.204. The van der Waals surface area contributed by atoms with Gasteiger partial charge in [0.2, 0.25) is 11.6 Å². The predicted octanol–water partition coefficient (Wildman–Crippen LogP) is 3.26. The molecule has 1 N–H and O–H groups in total. The van der Waals surface area contributed by atoms with Crippen LogP contribution in [0, 0.1) is 0 Å². The molecule has 2 aromatic heterocycles. The van der Waals surface area contributed by atoms with Crippen LogP contribution in [0.3, 0.4) is 0 Å². The van der Waals surface area contributed by atoms with Crippen molar-refractivity contribution in [2.75, 3.05) is 11.9 Å². The molecule has 4 rings (SSSR count). The van der Waals surface area contributed by atoms with Crippen molar-refractivity contribution in [3.63, 3.8) is 0 Å². The molecule has 0 saturated carbocycles. The van der Waals surface area contributed by atoms with Crippen LogP contribution < -0.4 is 15.1 Å². The highest BCUT2D eigenvalue weighted by Gasteiger charge is 2.30. The number of benzene rings is 1. The normalized spacial score (nSPS) is 13.9. The SMILES string of the molecule is CCOC(=O)c1c(NC(=O)C(C)Sc2c([O-])on[n+]2-c2ccccc2)sc2c1CCCC2. The molecule has 3 aromatic rings. The third-order valence-electron chi connectivity index (χ3n) is 5.12. The Balaban J connectivity index is 1.55. The first-order valence-electron chi connectivity index (χ1n) is 10.4. The first kappa shape index (κ1) is 22.3. The van der Waals surface area contributed by atoms with Gasteiger partial charge in [-0.1, -0.05) is 18.2 Å². The van der Waals surface area contributed by atoms with E-state index >= 15 is 0 Å². The average molecular weight is 474 g/mol. The van der Waals surface area contributed by atoms with Crippen molar-refractivity contribution in [3.8, 4) is 11.6 Å². The number of hydrogen-bond acceptors (Lipinski definition) is 8. The third kappa shape index (κ3) is 4.51. The molecule has 8 nitrogen and oxygen atoms in total. The zero-order valence-electron chi connectivity index (χ0n) is 17.8. The van der Waals surface area contributed by atoms with E-state index in [1.807, 2.05) is 18.2 Å². The molecule has 0 saturated heterocycles. The molecule has 32 heavy (non-hydrogen) atoms. The van der Waals surface area contributed by atoms with E-state index in [1.165, 1.54) is 16.0 Å². The number of ether oxygens (including phenoxy) is 1.